The van der Waals surface area contributed by atoms with Gasteiger partial charge in [0.1, 0.15) is 5.50 Å². The second-order valence-corrected chi connectivity index (χ2v) is 2.45. The van der Waals surface area contributed by atoms with E-state index in [0.717, 1.165) is 0 Å². The van der Waals surface area contributed by atoms with E-state index in [1.165, 1.54) is 0 Å². The van der Waals surface area contributed by atoms with Crippen LogP contribution in [0.1, 0.15) is 6.42 Å². The molecule has 0 saturated carbocycles. The molecule has 0 aliphatic carbocycles. The molecule has 2 atom stereocenters. The number of hydrogen-bond acceptors (Lipinski definition) is 2. The number of halogens is 1. The summed E-state index contributed by atoms with van der Waals surface area (Å²) >= 11 is 5.55. The van der Waals surface area contributed by atoms with E-state index in [1.54, 1.807) is 0 Å². The summed E-state index contributed by atoms with van der Waals surface area (Å²) in [5, 5.41) is 4.90. The first-order valence-electron chi connectivity index (χ1n) is 2.65. The highest BCUT2D eigenvalue weighted by Crippen LogP contribution is 2.02. The van der Waals surface area contributed by atoms with Crippen LogP contribution >= 0.6 is 11.6 Å². The fourth-order valence-electron chi connectivity index (χ4n) is 0.693. The van der Waals surface area contributed by atoms with Gasteiger partial charge in [-0.25, -0.2) is 4.79 Å². The van der Waals surface area contributed by atoms with Crippen LogP contribution in [0, 0.1) is 0 Å². The van der Waals surface area contributed by atoms with E-state index in [0.29, 0.717) is 6.42 Å². The zero-order chi connectivity index (χ0) is 6.85. The maximum Gasteiger partial charge on any atom is 0.317 e. The Balaban J connectivity index is 2.43. The van der Waals surface area contributed by atoms with Crippen molar-refractivity contribution in [1.29, 1.82) is 0 Å². The lowest BCUT2D eigenvalue weighted by Gasteiger charge is -2.24. The Kier molecular flexibility index (Phi) is 1.78. The van der Waals surface area contributed by atoms with Gasteiger partial charge in [-0.15, -0.1) is 0 Å². The molecule has 1 aliphatic heterocycles. The summed E-state index contributed by atoms with van der Waals surface area (Å²) in [7, 11) is 0. The predicted octanol–water partition coefficient (Wildman–Crippen LogP) is -0.461. The highest BCUT2D eigenvalue weighted by Gasteiger charge is 2.20. The largest absolute Gasteiger partial charge is 0.323 e. The number of alkyl halides is 1. The van der Waals surface area contributed by atoms with Crippen molar-refractivity contribution in [3.8, 4) is 0 Å². The van der Waals surface area contributed by atoms with Gasteiger partial charge in [0.05, 0.1) is 6.17 Å². The van der Waals surface area contributed by atoms with Gasteiger partial charge in [0.2, 0.25) is 0 Å². The molecule has 0 aromatic rings. The second kappa shape index (κ2) is 2.41. The normalized spacial score (nSPS) is 35.1. The van der Waals surface area contributed by atoms with Crippen molar-refractivity contribution in [2.24, 2.45) is 5.73 Å². The maximum atomic E-state index is 10.5. The lowest BCUT2D eigenvalue weighted by Crippen LogP contribution is -2.56. The molecule has 0 spiro atoms. The average molecular weight is 150 g/mol. The number of urea groups is 1. The Hall–Kier alpha value is -0.480. The van der Waals surface area contributed by atoms with Gasteiger partial charge in [-0.3, -0.25) is 0 Å². The minimum Gasteiger partial charge on any atom is -0.323 e. The van der Waals surface area contributed by atoms with E-state index < -0.39 is 0 Å². The highest BCUT2D eigenvalue weighted by atomic mass is 35.5. The molecule has 2 unspecified atom stereocenters. The number of carbonyl (C=O) groups is 1. The van der Waals surface area contributed by atoms with Crippen LogP contribution in [0.4, 0.5) is 4.79 Å². The van der Waals surface area contributed by atoms with Crippen LogP contribution in [0.15, 0.2) is 0 Å². The Morgan fingerprint density at radius 3 is 2.78 bits per heavy atom. The van der Waals surface area contributed by atoms with Crippen molar-refractivity contribution < 1.29 is 4.79 Å². The topological polar surface area (TPSA) is 67.1 Å². The molecule has 5 heteroatoms. The molecule has 9 heavy (non-hydrogen) atoms. The predicted molar refractivity (Wildman–Crippen MR) is 33.9 cm³/mol. The SMILES string of the molecule is NC1CC(Cl)NC(=O)N1. The average Bonchev–Trinajstić information content (AvgIpc) is 1.59. The molecular weight excluding hydrogens is 142 g/mol. The summed E-state index contributed by atoms with van der Waals surface area (Å²) in [6, 6.07) is -0.297. The van der Waals surface area contributed by atoms with Gasteiger partial charge in [-0.05, 0) is 0 Å². The van der Waals surface area contributed by atoms with Crippen molar-refractivity contribution >= 4 is 17.6 Å². The Labute approximate surface area is 57.7 Å². The van der Waals surface area contributed by atoms with Crippen molar-refractivity contribution in [2.45, 2.75) is 18.1 Å². The molecule has 0 radical (unpaired) electrons. The third-order valence-corrected chi connectivity index (χ3v) is 1.35. The summed E-state index contributed by atoms with van der Waals surface area (Å²) in [5.41, 5.74) is 5.03. The lowest BCUT2D eigenvalue weighted by molar-refractivity contribution is 0.227. The van der Waals surface area contributed by atoms with Crippen molar-refractivity contribution in [3.05, 3.63) is 0 Å². The number of nitrogens with two attached hydrogens (primary N) is 1. The van der Waals surface area contributed by atoms with E-state index in [2.05, 4.69) is 10.6 Å². The van der Waals surface area contributed by atoms with Crippen molar-refractivity contribution in [2.75, 3.05) is 0 Å². The lowest BCUT2D eigenvalue weighted by atomic mass is 10.3. The molecular formula is C4H8ClN3O. The number of amides is 2. The summed E-state index contributed by atoms with van der Waals surface area (Å²) in [5.74, 6) is 0. The number of nitrogens with one attached hydrogen (secondary N) is 2. The number of hydrogen-bond donors (Lipinski definition) is 3. The highest BCUT2D eigenvalue weighted by molar-refractivity contribution is 6.21. The van der Waals surface area contributed by atoms with Crippen LogP contribution in [0.2, 0.25) is 0 Å². The minimum absolute atomic E-state index is 0.297. The third-order valence-electron chi connectivity index (χ3n) is 1.07. The van der Waals surface area contributed by atoms with Crippen LogP contribution in [-0.2, 0) is 0 Å². The van der Waals surface area contributed by atoms with Gasteiger partial charge in [-0.1, -0.05) is 11.6 Å². The first-order valence-corrected chi connectivity index (χ1v) is 3.09. The molecule has 4 N–H and O–H groups in total. The van der Waals surface area contributed by atoms with Crippen LogP contribution in [-0.4, -0.2) is 17.7 Å². The van der Waals surface area contributed by atoms with E-state index in [-0.39, 0.29) is 17.7 Å². The van der Waals surface area contributed by atoms with Crippen LogP contribution in [0.5, 0.6) is 0 Å². The van der Waals surface area contributed by atoms with Crippen molar-refractivity contribution in [3.63, 3.8) is 0 Å². The van der Waals surface area contributed by atoms with Gasteiger partial charge in [0.25, 0.3) is 0 Å². The molecule has 1 aliphatic rings. The molecule has 0 aromatic carbocycles. The van der Waals surface area contributed by atoms with Crippen LogP contribution < -0.4 is 16.4 Å². The zero-order valence-corrected chi connectivity index (χ0v) is 5.48. The van der Waals surface area contributed by atoms with Gasteiger partial charge < -0.3 is 16.4 Å². The van der Waals surface area contributed by atoms with Gasteiger partial charge in [-0.2, -0.15) is 0 Å². The smallest absolute Gasteiger partial charge is 0.317 e. The second-order valence-electron chi connectivity index (χ2n) is 1.93. The van der Waals surface area contributed by atoms with Gasteiger partial charge >= 0.3 is 6.03 Å². The molecule has 1 heterocycles. The molecule has 52 valence electrons. The summed E-state index contributed by atoms with van der Waals surface area (Å²) in [6.07, 6.45) is 0.258. The molecule has 0 aromatic heterocycles. The standard InChI is InChI=1S/C4H8ClN3O/c5-2-1-3(6)8-4(9)7-2/h2-3H,1,6H2,(H2,7,8,9). The fourth-order valence-corrected chi connectivity index (χ4v) is 0.984. The molecule has 4 nitrogen and oxygen atoms in total. The van der Waals surface area contributed by atoms with E-state index in [4.69, 9.17) is 17.3 Å². The van der Waals surface area contributed by atoms with E-state index in [1.807, 2.05) is 0 Å². The van der Waals surface area contributed by atoms with E-state index >= 15 is 0 Å². The first-order chi connectivity index (χ1) is 4.18. The molecule has 1 saturated heterocycles. The Morgan fingerprint density at radius 1 is 1.67 bits per heavy atom. The Bertz CT molecular complexity index is 117. The van der Waals surface area contributed by atoms with Gasteiger partial charge in [0.15, 0.2) is 0 Å². The molecule has 0 bridgehead atoms. The summed E-state index contributed by atoms with van der Waals surface area (Å²) < 4.78 is 0. The zero-order valence-electron chi connectivity index (χ0n) is 4.73. The van der Waals surface area contributed by atoms with E-state index in [9.17, 15) is 4.79 Å². The fraction of sp³-hybridized carbons (Fsp3) is 0.750. The van der Waals surface area contributed by atoms with Gasteiger partial charge in [0, 0.05) is 6.42 Å². The monoisotopic (exact) mass is 149 g/mol. The molecule has 1 fully saturated rings. The summed E-state index contributed by atoms with van der Waals surface area (Å²) in [4.78, 5) is 10.5. The van der Waals surface area contributed by atoms with Crippen LogP contribution in [0.3, 0.4) is 0 Å². The quantitative estimate of drug-likeness (QED) is 0.322. The number of carbonyl (C=O) groups excluding carboxylic acids is 1. The number of rotatable bonds is 0. The molecule has 2 amide bonds. The first kappa shape index (κ1) is 6.64. The minimum atomic E-state index is -0.325. The van der Waals surface area contributed by atoms with Crippen LogP contribution in [0.25, 0.3) is 0 Å². The third kappa shape index (κ3) is 1.73. The Morgan fingerprint density at radius 2 is 2.33 bits per heavy atom. The maximum absolute atomic E-state index is 10.5. The van der Waals surface area contributed by atoms with Crippen molar-refractivity contribution in [1.82, 2.24) is 10.6 Å². The summed E-state index contributed by atoms with van der Waals surface area (Å²) in [6.45, 7) is 0. The molecule has 1 rings (SSSR count).